The van der Waals surface area contributed by atoms with Crippen molar-refractivity contribution in [2.45, 2.75) is 50.4 Å². The van der Waals surface area contributed by atoms with Gasteiger partial charge in [0.25, 0.3) is 0 Å². The summed E-state index contributed by atoms with van der Waals surface area (Å²) in [6, 6.07) is 4.50. The van der Waals surface area contributed by atoms with Crippen LogP contribution in [0.15, 0.2) is 24.5 Å². The van der Waals surface area contributed by atoms with E-state index in [9.17, 15) is 0 Å². The molecule has 0 atom stereocenters. The molecule has 0 N–H and O–H groups in total. The summed E-state index contributed by atoms with van der Waals surface area (Å²) >= 11 is -1.80. The summed E-state index contributed by atoms with van der Waals surface area (Å²) in [7, 11) is 2.12. The molecule has 0 amide bonds. The molecule has 2 rings (SSSR count). The quantitative estimate of drug-likeness (QED) is 0.609. The van der Waals surface area contributed by atoms with Gasteiger partial charge in [0.05, 0.1) is 0 Å². The molecule has 0 aliphatic rings. The van der Waals surface area contributed by atoms with Gasteiger partial charge in [-0.15, -0.1) is 0 Å². The predicted molar refractivity (Wildman–Crippen MR) is 95.1 cm³/mol. The summed E-state index contributed by atoms with van der Waals surface area (Å²) in [5.41, 5.74) is 3.27. The van der Waals surface area contributed by atoms with E-state index in [0.29, 0.717) is 0 Å². The molecule has 0 unspecified atom stereocenters. The summed E-state index contributed by atoms with van der Waals surface area (Å²) in [6.45, 7) is 8.53. The second-order valence-corrected chi connectivity index (χ2v) is 18.8. The van der Waals surface area contributed by atoms with Gasteiger partial charge in [-0.3, -0.25) is 0 Å². The molecule has 0 aliphatic heterocycles. The molecular formula is C18H28GeN3+. The topological polar surface area (TPSA) is 29.7 Å². The zero-order valence-corrected chi connectivity index (χ0v) is 17.2. The molecule has 0 bridgehead atoms. The minimum atomic E-state index is -1.80. The van der Waals surface area contributed by atoms with Crippen LogP contribution < -0.4 is 8.96 Å². The number of pyridine rings is 1. The third kappa shape index (κ3) is 3.57. The fraction of sp³-hybridized carbons (Fsp3) is 0.500. The molecule has 2 aromatic rings. The molecule has 118 valence electrons. The Morgan fingerprint density at radius 3 is 2.23 bits per heavy atom. The molecule has 0 saturated carbocycles. The van der Waals surface area contributed by atoms with Crippen molar-refractivity contribution in [2.75, 3.05) is 0 Å². The second kappa shape index (κ2) is 5.76. The van der Waals surface area contributed by atoms with E-state index in [1.165, 1.54) is 4.40 Å². The fourth-order valence-electron chi connectivity index (χ4n) is 2.36. The standard InChI is InChI=1S/C18H28GeN3/c1-13-11-20-17(18(2,3)4)21-16(13)15-10-9-14(12-22(15)8)19(5,6)7/h9-12H,1-8H3/q+1. The van der Waals surface area contributed by atoms with E-state index in [2.05, 4.69) is 79.9 Å². The number of aryl methyl sites for hydroxylation is 2. The third-order valence-electron chi connectivity index (χ3n) is 3.88. The monoisotopic (exact) mass is 360 g/mol. The van der Waals surface area contributed by atoms with Crippen LogP contribution in [-0.4, -0.2) is 23.2 Å². The van der Waals surface area contributed by atoms with E-state index in [4.69, 9.17) is 4.98 Å². The molecule has 0 fully saturated rings. The molecule has 0 aliphatic carbocycles. The molecule has 22 heavy (non-hydrogen) atoms. The van der Waals surface area contributed by atoms with Gasteiger partial charge < -0.3 is 0 Å². The third-order valence-corrected chi connectivity index (χ3v) is 8.14. The molecule has 4 heteroatoms. The Balaban J connectivity index is 2.57. The van der Waals surface area contributed by atoms with Crippen LogP contribution in [0.25, 0.3) is 11.4 Å². The van der Waals surface area contributed by atoms with Crippen LogP contribution in [0.1, 0.15) is 32.2 Å². The maximum absolute atomic E-state index is 4.85. The first kappa shape index (κ1) is 17.1. The Morgan fingerprint density at radius 1 is 1.09 bits per heavy atom. The van der Waals surface area contributed by atoms with E-state index >= 15 is 0 Å². The van der Waals surface area contributed by atoms with Crippen molar-refractivity contribution in [3.05, 3.63) is 35.9 Å². The summed E-state index contributed by atoms with van der Waals surface area (Å²) in [6.07, 6.45) is 4.23. The first-order valence-electron chi connectivity index (χ1n) is 7.85. The van der Waals surface area contributed by atoms with E-state index in [1.54, 1.807) is 0 Å². The van der Waals surface area contributed by atoms with Crippen LogP contribution in [-0.2, 0) is 12.5 Å². The van der Waals surface area contributed by atoms with E-state index in [0.717, 1.165) is 22.8 Å². The maximum atomic E-state index is 4.85. The molecular weight excluding hydrogens is 331 g/mol. The van der Waals surface area contributed by atoms with Gasteiger partial charge in [-0.05, 0) is 0 Å². The number of aromatic nitrogens is 3. The van der Waals surface area contributed by atoms with E-state index in [1.807, 2.05) is 6.20 Å². The number of hydrogen-bond acceptors (Lipinski definition) is 2. The first-order valence-corrected chi connectivity index (χ1v) is 15.2. The second-order valence-electron chi connectivity index (χ2n) is 8.14. The fourth-order valence-corrected chi connectivity index (χ4v) is 4.80. The average molecular weight is 359 g/mol. The predicted octanol–water partition coefficient (Wildman–Crippen LogP) is 3.12. The molecule has 0 saturated heterocycles. The van der Waals surface area contributed by atoms with E-state index < -0.39 is 13.3 Å². The Hall–Kier alpha value is -1.23. The van der Waals surface area contributed by atoms with Crippen molar-refractivity contribution in [1.82, 2.24) is 9.97 Å². The number of hydrogen-bond donors (Lipinski definition) is 0. The summed E-state index contributed by atoms with van der Waals surface area (Å²) in [5, 5.41) is 0. The summed E-state index contributed by atoms with van der Waals surface area (Å²) in [4.78, 5) is 9.36. The number of nitrogens with zero attached hydrogens (tertiary/aromatic N) is 3. The van der Waals surface area contributed by atoms with Crippen molar-refractivity contribution in [1.29, 1.82) is 0 Å². The van der Waals surface area contributed by atoms with Gasteiger partial charge in [0, 0.05) is 0 Å². The molecule has 0 aromatic carbocycles. The van der Waals surface area contributed by atoms with Crippen molar-refractivity contribution < 1.29 is 4.57 Å². The van der Waals surface area contributed by atoms with Crippen molar-refractivity contribution in [3.8, 4) is 11.4 Å². The SMILES string of the molecule is Cc1cnc(C(C)(C)C)nc1-c1cc[c]([Ge]([CH3])([CH3])[CH3])c[n+]1C. The molecule has 0 radical (unpaired) electrons. The molecule has 2 heterocycles. The van der Waals surface area contributed by atoms with Crippen LogP contribution in [0.5, 0.6) is 0 Å². The summed E-state index contributed by atoms with van der Waals surface area (Å²) in [5.74, 6) is 8.15. The van der Waals surface area contributed by atoms with E-state index in [-0.39, 0.29) is 5.41 Å². The average Bonchev–Trinajstić information content (AvgIpc) is 2.37. The first-order chi connectivity index (χ1) is 10.00. The Morgan fingerprint density at radius 2 is 1.73 bits per heavy atom. The van der Waals surface area contributed by atoms with Crippen molar-refractivity contribution in [2.24, 2.45) is 7.05 Å². The van der Waals surface area contributed by atoms with Gasteiger partial charge in [-0.1, -0.05) is 0 Å². The van der Waals surface area contributed by atoms with Gasteiger partial charge in [0.1, 0.15) is 0 Å². The van der Waals surface area contributed by atoms with Crippen LogP contribution in [0.4, 0.5) is 0 Å². The summed E-state index contributed by atoms with van der Waals surface area (Å²) < 4.78 is 3.72. The van der Waals surface area contributed by atoms with Gasteiger partial charge in [0.15, 0.2) is 0 Å². The molecule has 3 nitrogen and oxygen atoms in total. The Bertz CT molecular complexity index is 694. The van der Waals surface area contributed by atoms with Gasteiger partial charge in [-0.25, -0.2) is 0 Å². The zero-order chi connectivity index (χ0) is 16.7. The van der Waals surface area contributed by atoms with Gasteiger partial charge >= 0.3 is 137 Å². The van der Waals surface area contributed by atoms with Crippen LogP contribution in [0.3, 0.4) is 0 Å². The van der Waals surface area contributed by atoms with Crippen LogP contribution in [0.2, 0.25) is 17.3 Å². The Labute approximate surface area is 137 Å². The van der Waals surface area contributed by atoms with Crippen LogP contribution >= 0.6 is 0 Å². The molecule has 0 spiro atoms. The normalized spacial score (nSPS) is 12.5. The number of rotatable bonds is 2. The van der Waals surface area contributed by atoms with Gasteiger partial charge in [0.2, 0.25) is 0 Å². The van der Waals surface area contributed by atoms with Crippen molar-refractivity contribution >= 4 is 17.7 Å². The Kier molecular flexibility index (Phi) is 4.49. The van der Waals surface area contributed by atoms with Crippen LogP contribution in [0, 0.1) is 6.92 Å². The minimum absolute atomic E-state index is 0.0400. The molecule has 2 aromatic heterocycles. The van der Waals surface area contributed by atoms with Gasteiger partial charge in [-0.2, -0.15) is 0 Å². The van der Waals surface area contributed by atoms with Crippen molar-refractivity contribution in [3.63, 3.8) is 0 Å². The zero-order valence-electron chi connectivity index (χ0n) is 15.2.